The number of benzene rings is 4. The van der Waals surface area contributed by atoms with Crippen molar-refractivity contribution in [2.24, 2.45) is 5.92 Å². The maximum atomic E-state index is 15.5. The van der Waals surface area contributed by atoms with Gasteiger partial charge < -0.3 is 19.4 Å². The van der Waals surface area contributed by atoms with Gasteiger partial charge in [-0.25, -0.2) is 18.2 Å². The van der Waals surface area contributed by atoms with Crippen LogP contribution < -0.4 is 30.1 Å². The zero-order valence-electron chi connectivity index (χ0n) is 36.4. The quantitative estimate of drug-likeness (QED) is 0.172. The summed E-state index contributed by atoms with van der Waals surface area (Å²) in [5.74, 6) is -3.71. The predicted octanol–water partition coefficient (Wildman–Crippen LogP) is 4.96. The van der Waals surface area contributed by atoms with Crippen LogP contribution in [-0.4, -0.2) is 121 Å². The van der Waals surface area contributed by atoms with Gasteiger partial charge in [-0.2, -0.15) is 12.7 Å². The number of rotatable bonds is 11. The van der Waals surface area contributed by atoms with Gasteiger partial charge in [0.25, 0.3) is 11.5 Å². The number of hydrogen-bond donors (Lipinski definition) is 2. The molecule has 10 rings (SSSR count). The number of nitrogens with one attached hydrogen (secondary N) is 2. The molecule has 4 fully saturated rings. The number of halogens is 3. The Bertz CT molecular complexity index is 2940. The first-order valence-electron chi connectivity index (χ1n) is 22.5. The molecule has 1 aromatic heterocycles. The van der Waals surface area contributed by atoms with Crippen LogP contribution in [0.15, 0.2) is 83.9 Å². The average Bonchev–Trinajstić information content (AvgIpc) is 3.92. The Morgan fingerprint density at radius 1 is 0.791 bits per heavy atom. The molecule has 0 bridgehead atoms. The lowest BCUT2D eigenvalue weighted by atomic mass is 9.95. The normalized spacial score (nSPS) is 21.0. The van der Waals surface area contributed by atoms with Gasteiger partial charge in [-0.3, -0.25) is 38.7 Å². The summed E-state index contributed by atoms with van der Waals surface area (Å²) in [4.78, 5) is 64.3. The van der Waals surface area contributed by atoms with Crippen molar-refractivity contribution in [1.82, 2.24) is 29.0 Å². The Labute approximate surface area is 384 Å². The molecular formula is C47H48F3N9O7S. The van der Waals surface area contributed by atoms with Crippen LogP contribution in [0.3, 0.4) is 0 Å². The van der Waals surface area contributed by atoms with Gasteiger partial charge in [0, 0.05) is 88.8 Å². The Morgan fingerprint density at radius 3 is 2.25 bits per heavy atom. The molecule has 0 saturated carbocycles. The van der Waals surface area contributed by atoms with Gasteiger partial charge in [0.15, 0.2) is 11.6 Å². The molecule has 5 aliphatic heterocycles. The van der Waals surface area contributed by atoms with Crippen LogP contribution in [0.5, 0.6) is 11.5 Å². The molecule has 16 nitrogen and oxygen atoms in total. The fourth-order valence-corrected chi connectivity index (χ4v) is 11.1. The molecule has 6 heterocycles. The molecule has 350 valence electrons. The van der Waals surface area contributed by atoms with Gasteiger partial charge in [0.05, 0.1) is 22.3 Å². The summed E-state index contributed by atoms with van der Waals surface area (Å²) in [6.45, 7) is 6.26. The fourth-order valence-electron chi connectivity index (χ4n) is 9.79. The molecule has 0 radical (unpaired) electrons. The summed E-state index contributed by atoms with van der Waals surface area (Å²) >= 11 is 0. The van der Waals surface area contributed by atoms with E-state index in [1.54, 1.807) is 4.90 Å². The third-order valence-electron chi connectivity index (χ3n) is 13.5. The van der Waals surface area contributed by atoms with Crippen LogP contribution in [0.4, 0.5) is 30.2 Å². The van der Waals surface area contributed by atoms with E-state index < -0.39 is 57.0 Å². The van der Waals surface area contributed by atoms with E-state index >= 15 is 4.39 Å². The van der Waals surface area contributed by atoms with E-state index in [4.69, 9.17) is 4.74 Å². The highest BCUT2D eigenvalue weighted by Gasteiger charge is 2.39. The van der Waals surface area contributed by atoms with Crippen molar-refractivity contribution < 1.29 is 40.7 Å². The van der Waals surface area contributed by atoms with E-state index in [0.717, 1.165) is 92.0 Å². The van der Waals surface area contributed by atoms with Crippen LogP contribution in [-0.2, 0) is 26.3 Å². The summed E-state index contributed by atoms with van der Waals surface area (Å²) in [7, 11) is -4.32. The Balaban J connectivity index is 0.726. The molecule has 5 aliphatic rings. The summed E-state index contributed by atoms with van der Waals surface area (Å²) in [5, 5.41) is 2.48. The van der Waals surface area contributed by atoms with Crippen LogP contribution >= 0.6 is 0 Å². The number of nitrogens with zero attached hydrogens (tertiary/aromatic N) is 7. The van der Waals surface area contributed by atoms with Gasteiger partial charge in [0.2, 0.25) is 17.6 Å². The topological polar surface area (TPSA) is 170 Å². The molecule has 4 aromatic carbocycles. The van der Waals surface area contributed by atoms with Crippen LogP contribution in [0.25, 0.3) is 16.6 Å². The van der Waals surface area contributed by atoms with E-state index in [1.807, 2.05) is 41.1 Å². The number of piperidine rings is 2. The highest BCUT2D eigenvalue weighted by Crippen LogP contribution is 2.35. The summed E-state index contributed by atoms with van der Waals surface area (Å²) in [6.07, 6.45) is 2.76. The maximum absolute atomic E-state index is 15.5. The van der Waals surface area contributed by atoms with Crippen molar-refractivity contribution >= 4 is 55.9 Å². The molecule has 5 aromatic rings. The van der Waals surface area contributed by atoms with E-state index in [1.165, 1.54) is 29.1 Å². The van der Waals surface area contributed by atoms with Gasteiger partial charge in [-0.05, 0) is 110 Å². The van der Waals surface area contributed by atoms with Crippen molar-refractivity contribution in [3.05, 3.63) is 112 Å². The number of fused-ring (bicyclic) bond motifs is 2. The lowest BCUT2D eigenvalue weighted by molar-refractivity contribution is -0.136. The number of amides is 3. The van der Waals surface area contributed by atoms with Gasteiger partial charge in [-0.1, -0.05) is 0 Å². The number of aromatic nitrogens is 2. The van der Waals surface area contributed by atoms with Crippen molar-refractivity contribution in [2.45, 2.75) is 50.9 Å². The first-order valence-corrected chi connectivity index (χ1v) is 23.9. The zero-order chi connectivity index (χ0) is 46.6. The predicted molar refractivity (Wildman–Crippen MR) is 243 cm³/mol. The maximum Gasteiger partial charge on any atom is 0.301 e. The molecule has 0 aliphatic carbocycles. The highest BCUT2D eigenvalue weighted by atomic mass is 32.2. The average molecular weight is 940 g/mol. The zero-order valence-corrected chi connectivity index (χ0v) is 37.2. The second-order valence-corrected chi connectivity index (χ2v) is 19.4. The SMILES string of the molecule is O=C1CCC(N2Cc3cc(N4CCC(CN5CCN(c6ccc(-n7cnc8ccc(Oc9c(F)ccc(NS(=O)(=O)N%10CC[C@@H](F)C%10)c9F)cc8c7=O)cc6)CC5)CC4)ccc3C2=O)C(=O)N1. The number of imide groups is 1. The minimum absolute atomic E-state index is 0.0125. The standard InChI is InChI=1S/C47H48F3N9O7S/c48-31-15-18-57(27-31)67(64,65)53-40-10-8-38(49)44(43(40)50)66-35-6-9-39-37(24-35)47(63)59(28-51-39)33-3-1-32(2-4-33)56-21-19-54(20-22-56)25-29-13-16-55(17-14-29)34-5-7-36-30(23-34)26-58(46(36)62)41-11-12-42(60)52-45(41)61/h1-10,23-24,28-29,31,41,53H,11-22,25-27H2,(H,52,60,61)/t31-,41?/m1/s1. The van der Waals surface area contributed by atoms with E-state index in [9.17, 15) is 36.4 Å². The summed E-state index contributed by atoms with van der Waals surface area (Å²) in [6, 6.07) is 18.9. The molecule has 0 spiro atoms. The van der Waals surface area contributed by atoms with Crippen molar-refractivity contribution in [2.75, 3.05) is 73.4 Å². The van der Waals surface area contributed by atoms with Crippen LogP contribution in [0, 0.1) is 17.6 Å². The second-order valence-electron chi connectivity index (χ2n) is 17.8. The lowest BCUT2D eigenvalue weighted by Gasteiger charge is -2.40. The first-order chi connectivity index (χ1) is 32.3. The third kappa shape index (κ3) is 8.92. The van der Waals surface area contributed by atoms with E-state index in [-0.39, 0.29) is 48.9 Å². The summed E-state index contributed by atoms with van der Waals surface area (Å²) in [5.41, 5.74) is 3.50. The molecule has 2 N–H and O–H groups in total. The van der Waals surface area contributed by atoms with Crippen molar-refractivity contribution in [1.29, 1.82) is 0 Å². The number of ether oxygens (including phenoxy) is 1. The minimum atomic E-state index is -4.32. The number of hydrogen-bond acceptors (Lipinski definition) is 11. The smallest absolute Gasteiger partial charge is 0.301 e. The molecule has 4 saturated heterocycles. The monoisotopic (exact) mass is 939 g/mol. The molecule has 3 amide bonds. The molecule has 1 unspecified atom stereocenters. The Kier molecular flexibility index (Phi) is 11.9. The largest absolute Gasteiger partial charge is 0.451 e. The number of anilines is 3. The van der Waals surface area contributed by atoms with Gasteiger partial charge in [-0.15, -0.1) is 0 Å². The third-order valence-corrected chi connectivity index (χ3v) is 15.0. The lowest BCUT2D eigenvalue weighted by Crippen LogP contribution is -2.52. The summed E-state index contributed by atoms with van der Waals surface area (Å²) < 4.78 is 79.5. The number of alkyl halides is 1. The van der Waals surface area contributed by atoms with Crippen molar-refractivity contribution in [3.63, 3.8) is 0 Å². The van der Waals surface area contributed by atoms with Crippen LogP contribution in [0.1, 0.15) is 48.0 Å². The van der Waals surface area contributed by atoms with Crippen LogP contribution in [0.2, 0.25) is 0 Å². The first kappa shape index (κ1) is 44.3. The number of carbonyl (C=O) groups excluding carboxylic acids is 3. The fraction of sp³-hybridized carbons (Fsp3) is 0.383. The molecular weight excluding hydrogens is 892 g/mol. The Morgan fingerprint density at radius 2 is 1.52 bits per heavy atom. The second kappa shape index (κ2) is 17.9. The Hall–Kier alpha value is -6.51. The minimum Gasteiger partial charge on any atom is -0.451 e. The molecule has 20 heteroatoms. The van der Waals surface area contributed by atoms with E-state index in [0.29, 0.717) is 35.7 Å². The molecule has 67 heavy (non-hydrogen) atoms. The highest BCUT2D eigenvalue weighted by molar-refractivity contribution is 7.90. The van der Waals surface area contributed by atoms with Crippen molar-refractivity contribution in [3.8, 4) is 17.2 Å². The van der Waals surface area contributed by atoms with E-state index in [2.05, 4.69) is 31.1 Å². The van der Waals surface area contributed by atoms with Gasteiger partial charge in [0.1, 0.15) is 24.3 Å². The molecule has 2 atom stereocenters. The number of carbonyl (C=O) groups is 3. The number of piperazine rings is 1. The van der Waals surface area contributed by atoms with Gasteiger partial charge >= 0.3 is 10.2 Å².